The highest BCUT2D eigenvalue weighted by Gasteiger charge is 2.29. The highest BCUT2D eigenvalue weighted by molar-refractivity contribution is 14.1. The molecule has 0 N–H and O–H groups in total. The lowest BCUT2D eigenvalue weighted by Crippen LogP contribution is -2.03. The fraction of sp³-hybridized carbons (Fsp3) is 0.125. The minimum atomic E-state index is -0.184. The molecule has 0 aliphatic carbocycles. The Morgan fingerprint density at radius 1 is 0.929 bits per heavy atom. The number of rotatable bonds is 0. The zero-order valence-electron chi connectivity index (χ0n) is 6.54. The monoisotopic (exact) mass is 638 g/mol. The van der Waals surface area contributed by atoms with Gasteiger partial charge in [-0.25, -0.2) is 4.79 Å². The van der Waals surface area contributed by atoms with Gasteiger partial charge < -0.3 is 4.74 Å². The molecule has 0 amide bonds. The van der Waals surface area contributed by atoms with Gasteiger partial charge in [0.2, 0.25) is 0 Å². The van der Waals surface area contributed by atoms with E-state index in [1.807, 2.05) is 0 Å². The van der Waals surface area contributed by atoms with E-state index in [1.165, 1.54) is 3.57 Å². The second-order valence-electron chi connectivity index (χ2n) is 2.69. The minimum absolute atomic E-state index is 0.184. The zero-order valence-corrected chi connectivity index (χ0v) is 15.2. The summed E-state index contributed by atoms with van der Waals surface area (Å²) in [5.74, 6) is -0.184. The van der Waals surface area contributed by atoms with Gasteiger partial charge in [0.05, 0.1) is 5.56 Å². The van der Waals surface area contributed by atoms with E-state index in [2.05, 4.69) is 90.4 Å². The Balaban J connectivity index is 2.84. The summed E-state index contributed by atoms with van der Waals surface area (Å²) in [5.41, 5.74) is 1.81. The van der Waals surface area contributed by atoms with Crippen molar-refractivity contribution in [2.75, 3.05) is 0 Å². The van der Waals surface area contributed by atoms with E-state index in [9.17, 15) is 4.79 Å². The Bertz CT molecular complexity index is 442. The second kappa shape index (κ2) is 4.47. The Morgan fingerprint density at radius 3 is 2.14 bits per heavy atom. The topological polar surface area (TPSA) is 26.3 Å². The van der Waals surface area contributed by atoms with E-state index < -0.39 is 0 Å². The number of carbonyl (C=O) groups excluding carboxylic acids is 1. The molecule has 1 aliphatic heterocycles. The van der Waals surface area contributed by atoms with Gasteiger partial charge in [0.25, 0.3) is 0 Å². The Hall–Kier alpha value is 1.61. The van der Waals surface area contributed by atoms with E-state index in [1.54, 1.807) is 0 Å². The van der Waals surface area contributed by atoms with Crippen molar-refractivity contribution < 1.29 is 9.53 Å². The molecule has 0 saturated carbocycles. The summed E-state index contributed by atoms with van der Waals surface area (Å²) in [6, 6.07) is 0. The van der Waals surface area contributed by atoms with Gasteiger partial charge in [-0.2, -0.15) is 0 Å². The maximum atomic E-state index is 11.5. The van der Waals surface area contributed by atoms with Crippen LogP contribution in [0.4, 0.5) is 0 Å². The molecule has 6 heteroatoms. The molecule has 0 radical (unpaired) electrons. The van der Waals surface area contributed by atoms with Crippen LogP contribution in [0.2, 0.25) is 0 Å². The molecule has 2 rings (SSSR count). The normalized spacial score (nSPS) is 14.1. The molecule has 0 saturated heterocycles. The van der Waals surface area contributed by atoms with Crippen molar-refractivity contribution in [3.63, 3.8) is 0 Å². The van der Waals surface area contributed by atoms with Crippen LogP contribution in [0, 0.1) is 14.3 Å². The third-order valence-corrected chi connectivity index (χ3v) is 9.44. The van der Waals surface area contributed by atoms with E-state index in [0.29, 0.717) is 6.61 Å². The van der Waals surface area contributed by atoms with Crippen LogP contribution < -0.4 is 0 Å². The van der Waals surface area contributed by atoms with Crippen molar-refractivity contribution in [3.8, 4) is 0 Å². The summed E-state index contributed by atoms with van der Waals surface area (Å²) in [7, 11) is 0. The van der Waals surface area contributed by atoms with Crippen LogP contribution >= 0.6 is 90.4 Å². The Morgan fingerprint density at radius 2 is 1.50 bits per heavy atom. The van der Waals surface area contributed by atoms with Crippen LogP contribution in [-0.4, -0.2) is 5.97 Å². The number of cyclic esters (lactones) is 1. The van der Waals surface area contributed by atoms with E-state index >= 15 is 0 Å². The van der Waals surface area contributed by atoms with Crippen LogP contribution in [0.5, 0.6) is 0 Å². The first-order chi connectivity index (χ1) is 6.54. The van der Waals surface area contributed by atoms with Gasteiger partial charge in [-0.15, -0.1) is 0 Å². The number of esters is 1. The van der Waals surface area contributed by atoms with E-state index in [-0.39, 0.29) is 5.97 Å². The molecular formula is C8H2I4O2. The summed E-state index contributed by atoms with van der Waals surface area (Å²) in [4.78, 5) is 11.5. The number of fused-ring (bicyclic) bond motifs is 1. The highest BCUT2D eigenvalue weighted by atomic mass is 127. The molecular weight excluding hydrogens is 636 g/mol. The molecule has 2 nitrogen and oxygen atoms in total. The summed E-state index contributed by atoms with van der Waals surface area (Å²) in [6.45, 7) is 0.426. The van der Waals surface area contributed by atoms with Crippen LogP contribution in [0.1, 0.15) is 15.9 Å². The van der Waals surface area contributed by atoms with Crippen LogP contribution in [0.15, 0.2) is 0 Å². The number of hydrogen-bond donors (Lipinski definition) is 0. The van der Waals surface area contributed by atoms with E-state index in [0.717, 1.165) is 21.8 Å². The van der Waals surface area contributed by atoms with Crippen molar-refractivity contribution in [2.24, 2.45) is 0 Å². The fourth-order valence-electron chi connectivity index (χ4n) is 1.24. The lowest BCUT2D eigenvalue weighted by atomic mass is 10.1. The van der Waals surface area contributed by atoms with Crippen LogP contribution in [0.3, 0.4) is 0 Å². The SMILES string of the molecule is O=C1OCc2c(I)c(I)c(I)c(I)c21. The van der Waals surface area contributed by atoms with Gasteiger partial charge in [-0.3, -0.25) is 0 Å². The van der Waals surface area contributed by atoms with Gasteiger partial charge in [0.15, 0.2) is 0 Å². The molecule has 0 atom stereocenters. The second-order valence-corrected chi connectivity index (χ2v) is 7.00. The maximum Gasteiger partial charge on any atom is 0.340 e. The predicted molar refractivity (Wildman–Crippen MR) is 86.4 cm³/mol. The molecule has 0 fully saturated rings. The largest absolute Gasteiger partial charge is 0.457 e. The number of carbonyl (C=O) groups is 1. The average molecular weight is 638 g/mol. The molecule has 1 aromatic carbocycles. The van der Waals surface area contributed by atoms with Gasteiger partial charge in [-0.1, -0.05) is 0 Å². The lowest BCUT2D eigenvalue weighted by Gasteiger charge is -2.07. The number of hydrogen-bond acceptors (Lipinski definition) is 2. The number of halogens is 4. The molecule has 0 spiro atoms. The van der Waals surface area contributed by atoms with Crippen LogP contribution in [0.25, 0.3) is 0 Å². The highest BCUT2D eigenvalue weighted by Crippen LogP contribution is 2.36. The fourth-order valence-corrected chi connectivity index (χ4v) is 4.91. The van der Waals surface area contributed by atoms with Crippen molar-refractivity contribution in [3.05, 3.63) is 25.4 Å². The molecule has 0 aromatic heterocycles. The smallest absolute Gasteiger partial charge is 0.340 e. The molecule has 1 heterocycles. The first-order valence-electron chi connectivity index (χ1n) is 3.56. The minimum Gasteiger partial charge on any atom is -0.457 e. The molecule has 1 aliphatic rings. The summed E-state index contributed by atoms with van der Waals surface area (Å²) in [6.07, 6.45) is 0. The Labute approximate surface area is 135 Å². The summed E-state index contributed by atoms with van der Waals surface area (Å²) in [5, 5.41) is 0. The quantitative estimate of drug-likeness (QED) is 0.188. The van der Waals surface area contributed by atoms with E-state index in [4.69, 9.17) is 4.74 Å². The zero-order chi connectivity index (χ0) is 10.5. The van der Waals surface area contributed by atoms with Crippen molar-refractivity contribution in [1.29, 1.82) is 0 Å². The van der Waals surface area contributed by atoms with Gasteiger partial charge in [-0.05, 0) is 90.4 Å². The first-order valence-corrected chi connectivity index (χ1v) is 7.87. The molecule has 0 bridgehead atoms. The van der Waals surface area contributed by atoms with Gasteiger partial charge in [0.1, 0.15) is 6.61 Å². The third kappa shape index (κ3) is 1.81. The maximum absolute atomic E-state index is 11.5. The molecule has 1 aromatic rings. The van der Waals surface area contributed by atoms with Gasteiger partial charge >= 0.3 is 5.97 Å². The van der Waals surface area contributed by atoms with Crippen molar-refractivity contribution in [1.82, 2.24) is 0 Å². The lowest BCUT2D eigenvalue weighted by molar-refractivity contribution is 0.0534. The predicted octanol–water partition coefficient (Wildman–Crippen LogP) is 3.78. The van der Waals surface area contributed by atoms with Gasteiger partial charge in [0, 0.05) is 19.8 Å². The molecule has 0 unspecified atom stereocenters. The molecule has 74 valence electrons. The average Bonchev–Trinajstić information content (AvgIpc) is 2.54. The summed E-state index contributed by atoms with van der Waals surface area (Å²) < 4.78 is 9.56. The van der Waals surface area contributed by atoms with Crippen molar-refractivity contribution in [2.45, 2.75) is 6.61 Å². The third-order valence-electron chi connectivity index (χ3n) is 1.92. The number of benzene rings is 1. The Kier molecular flexibility index (Phi) is 3.85. The number of ether oxygens (including phenoxy) is 1. The standard InChI is InChI=1S/C8H2I4O2/c9-4-2-1-14-8(13)3(2)5(10)7(12)6(4)11/h1H2. The first kappa shape index (κ1) is 12.1. The van der Waals surface area contributed by atoms with Crippen LogP contribution in [-0.2, 0) is 11.3 Å². The summed E-state index contributed by atoms with van der Waals surface area (Å²) >= 11 is 9.07. The van der Waals surface area contributed by atoms with Crippen molar-refractivity contribution >= 4 is 96.3 Å². The molecule has 14 heavy (non-hydrogen) atoms.